The van der Waals surface area contributed by atoms with Crippen LogP contribution in [0.5, 0.6) is 0 Å². The maximum Gasteiger partial charge on any atom is 0.263 e. The van der Waals surface area contributed by atoms with Crippen LogP contribution in [0.2, 0.25) is 0 Å². The lowest BCUT2D eigenvalue weighted by molar-refractivity contribution is -0.109. The van der Waals surface area contributed by atoms with Gasteiger partial charge in [-0.1, -0.05) is 30.2 Å². The van der Waals surface area contributed by atoms with Crippen LogP contribution in [0.15, 0.2) is 23.8 Å². The van der Waals surface area contributed by atoms with Crippen LogP contribution in [0.3, 0.4) is 0 Å². The molecule has 1 fully saturated rings. The van der Waals surface area contributed by atoms with Crippen molar-refractivity contribution in [3.8, 4) is 0 Å². The van der Waals surface area contributed by atoms with Gasteiger partial charge < -0.3 is 15.4 Å². The van der Waals surface area contributed by atoms with Crippen LogP contribution in [0.1, 0.15) is 32.1 Å². The van der Waals surface area contributed by atoms with Gasteiger partial charge in [-0.15, -0.1) is 0 Å². The Labute approximate surface area is 124 Å². The highest BCUT2D eigenvalue weighted by atomic mass is 19.3. The zero-order valence-corrected chi connectivity index (χ0v) is 12.3. The molecular formula is C16H24F2N2O. The predicted octanol–water partition coefficient (Wildman–Crippen LogP) is 2.44. The van der Waals surface area contributed by atoms with Gasteiger partial charge in [0.15, 0.2) is 0 Å². The highest BCUT2D eigenvalue weighted by Crippen LogP contribution is 2.39. The van der Waals surface area contributed by atoms with Crippen molar-refractivity contribution in [3.05, 3.63) is 23.8 Å². The average Bonchev–Trinajstić information content (AvgIpc) is 2.60. The minimum atomic E-state index is -2.57. The monoisotopic (exact) mass is 298 g/mol. The third-order valence-corrected chi connectivity index (χ3v) is 4.28. The molecule has 5 heteroatoms. The molecule has 0 radical (unpaired) electrons. The van der Waals surface area contributed by atoms with Crippen LogP contribution < -0.4 is 10.6 Å². The molecule has 1 aliphatic carbocycles. The summed E-state index contributed by atoms with van der Waals surface area (Å²) in [5.74, 6) is -3.00. The first-order valence-corrected chi connectivity index (χ1v) is 7.74. The third-order valence-electron chi connectivity index (χ3n) is 4.28. The van der Waals surface area contributed by atoms with Crippen molar-refractivity contribution in [1.82, 2.24) is 10.6 Å². The lowest BCUT2D eigenvalue weighted by Crippen LogP contribution is -2.42. The zero-order chi connectivity index (χ0) is 15.1. The molecule has 2 rings (SSSR count). The van der Waals surface area contributed by atoms with Gasteiger partial charge in [0.1, 0.15) is 6.29 Å². The van der Waals surface area contributed by atoms with Gasteiger partial charge in [0.05, 0.1) is 12.6 Å². The van der Waals surface area contributed by atoms with Crippen LogP contribution in [0.25, 0.3) is 0 Å². The molecule has 1 heterocycles. The molecule has 0 aromatic rings. The van der Waals surface area contributed by atoms with Crippen LogP contribution in [-0.4, -0.2) is 37.9 Å². The van der Waals surface area contributed by atoms with Gasteiger partial charge >= 0.3 is 0 Å². The van der Waals surface area contributed by atoms with Gasteiger partial charge in [0.2, 0.25) is 0 Å². The van der Waals surface area contributed by atoms with E-state index in [0.29, 0.717) is 25.8 Å². The molecule has 2 aliphatic rings. The fourth-order valence-corrected chi connectivity index (χ4v) is 2.63. The number of carbonyl (C=O) groups excluding carboxylic acids is 1. The summed E-state index contributed by atoms with van der Waals surface area (Å²) in [6.45, 7) is 0.979. The first kappa shape index (κ1) is 16.3. The number of carbonyl (C=O) groups is 1. The second kappa shape index (κ2) is 7.80. The number of allylic oxidation sites excluding steroid dienone is 1. The van der Waals surface area contributed by atoms with Gasteiger partial charge in [-0.05, 0) is 32.2 Å². The molecule has 0 saturated heterocycles. The standard InChI is InChI=1S/C16H24F2N2O/c17-16(18,14-4-1-5-14)12-19-9-2-3-13-6-7-15(11-21)20-10-8-13/h2-3,6,11,14-15,19-20H,1,4-5,7-10,12H2/b3-2+/t15-/m0/s1. The Morgan fingerprint density at radius 3 is 2.90 bits per heavy atom. The molecule has 0 amide bonds. The fraction of sp³-hybridized carbons (Fsp3) is 0.688. The molecule has 3 nitrogen and oxygen atoms in total. The zero-order valence-electron chi connectivity index (χ0n) is 12.3. The van der Waals surface area contributed by atoms with Gasteiger partial charge in [0.25, 0.3) is 5.92 Å². The number of nitrogens with one attached hydrogen (secondary N) is 2. The highest BCUT2D eigenvalue weighted by molar-refractivity contribution is 5.58. The van der Waals surface area contributed by atoms with E-state index in [-0.39, 0.29) is 12.6 Å². The van der Waals surface area contributed by atoms with E-state index in [9.17, 15) is 13.6 Å². The molecular weight excluding hydrogens is 274 g/mol. The molecule has 0 aromatic heterocycles. The lowest BCUT2D eigenvalue weighted by atomic mass is 9.80. The van der Waals surface area contributed by atoms with E-state index in [2.05, 4.69) is 10.6 Å². The Morgan fingerprint density at radius 2 is 2.24 bits per heavy atom. The summed E-state index contributed by atoms with van der Waals surface area (Å²) in [6, 6.07) is -0.102. The molecule has 0 aromatic carbocycles. The first-order chi connectivity index (χ1) is 10.1. The molecule has 0 unspecified atom stereocenters. The molecule has 1 aliphatic heterocycles. The molecule has 118 valence electrons. The number of hydrogen-bond acceptors (Lipinski definition) is 3. The van der Waals surface area contributed by atoms with E-state index in [1.165, 1.54) is 0 Å². The molecule has 21 heavy (non-hydrogen) atoms. The second-order valence-corrected chi connectivity index (χ2v) is 5.88. The Morgan fingerprint density at radius 1 is 1.43 bits per heavy atom. The number of alkyl halides is 2. The van der Waals surface area contributed by atoms with E-state index in [1.807, 2.05) is 18.2 Å². The summed E-state index contributed by atoms with van der Waals surface area (Å²) in [4.78, 5) is 10.7. The minimum absolute atomic E-state index is 0.102. The summed E-state index contributed by atoms with van der Waals surface area (Å²) in [5, 5.41) is 5.95. The van der Waals surface area contributed by atoms with E-state index < -0.39 is 11.8 Å². The average molecular weight is 298 g/mol. The number of aldehydes is 1. The molecule has 1 saturated carbocycles. The summed E-state index contributed by atoms with van der Waals surface area (Å²) < 4.78 is 27.3. The van der Waals surface area contributed by atoms with Crippen molar-refractivity contribution in [1.29, 1.82) is 0 Å². The van der Waals surface area contributed by atoms with Crippen molar-refractivity contribution in [2.24, 2.45) is 5.92 Å². The second-order valence-electron chi connectivity index (χ2n) is 5.88. The molecule has 0 bridgehead atoms. The van der Waals surface area contributed by atoms with Crippen molar-refractivity contribution < 1.29 is 13.6 Å². The normalized spacial score (nSPS) is 24.5. The summed E-state index contributed by atoms with van der Waals surface area (Å²) >= 11 is 0. The maximum atomic E-state index is 13.6. The van der Waals surface area contributed by atoms with Crippen molar-refractivity contribution >= 4 is 6.29 Å². The number of hydrogen-bond donors (Lipinski definition) is 2. The minimum Gasteiger partial charge on any atom is -0.308 e. The lowest BCUT2D eigenvalue weighted by Gasteiger charge is -2.33. The summed E-state index contributed by atoms with van der Waals surface area (Å²) in [7, 11) is 0. The van der Waals surface area contributed by atoms with E-state index >= 15 is 0 Å². The largest absolute Gasteiger partial charge is 0.308 e. The Bertz CT molecular complexity index is 403. The number of rotatable bonds is 7. The Kier molecular flexibility index (Phi) is 6.06. The SMILES string of the molecule is O=C[C@@H]1CC=C(/C=C/CNCC(F)(F)C2CCC2)CCN1. The summed E-state index contributed by atoms with van der Waals surface area (Å²) in [5.41, 5.74) is 1.15. The number of halogens is 2. The van der Waals surface area contributed by atoms with Crippen molar-refractivity contribution in [3.63, 3.8) is 0 Å². The van der Waals surface area contributed by atoms with E-state index in [0.717, 1.165) is 31.2 Å². The van der Waals surface area contributed by atoms with E-state index in [4.69, 9.17) is 0 Å². The molecule has 0 spiro atoms. The highest BCUT2D eigenvalue weighted by Gasteiger charge is 2.42. The van der Waals surface area contributed by atoms with Gasteiger partial charge in [-0.25, -0.2) is 8.78 Å². The van der Waals surface area contributed by atoms with E-state index in [1.54, 1.807) is 0 Å². The Balaban J connectivity index is 1.67. The third kappa shape index (κ3) is 5.00. The van der Waals surface area contributed by atoms with Crippen LogP contribution in [-0.2, 0) is 4.79 Å². The topological polar surface area (TPSA) is 41.1 Å². The molecule has 2 N–H and O–H groups in total. The van der Waals surface area contributed by atoms with Gasteiger partial charge in [0, 0.05) is 12.5 Å². The van der Waals surface area contributed by atoms with Crippen molar-refractivity contribution in [2.75, 3.05) is 19.6 Å². The predicted molar refractivity (Wildman–Crippen MR) is 79.5 cm³/mol. The van der Waals surface area contributed by atoms with Crippen molar-refractivity contribution in [2.45, 2.75) is 44.1 Å². The van der Waals surface area contributed by atoms with Crippen LogP contribution in [0, 0.1) is 5.92 Å². The fourth-order valence-electron chi connectivity index (χ4n) is 2.63. The summed E-state index contributed by atoms with van der Waals surface area (Å²) in [6.07, 6.45) is 10.6. The first-order valence-electron chi connectivity index (χ1n) is 7.74. The van der Waals surface area contributed by atoms with Gasteiger partial charge in [-0.3, -0.25) is 0 Å². The van der Waals surface area contributed by atoms with Crippen LogP contribution >= 0.6 is 0 Å². The maximum absolute atomic E-state index is 13.6. The molecule has 1 atom stereocenters. The van der Waals surface area contributed by atoms with Gasteiger partial charge in [-0.2, -0.15) is 0 Å². The Hall–Kier alpha value is -1.07. The van der Waals surface area contributed by atoms with Crippen LogP contribution in [0.4, 0.5) is 8.78 Å². The quantitative estimate of drug-likeness (QED) is 0.560. The smallest absolute Gasteiger partial charge is 0.263 e.